The number of aryl methyl sites for hydroxylation is 2. The van der Waals surface area contributed by atoms with Gasteiger partial charge < -0.3 is 10.6 Å². The summed E-state index contributed by atoms with van der Waals surface area (Å²) in [6.45, 7) is 5.91. The Kier molecular flexibility index (Phi) is 7.03. The van der Waals surface area contributed by atoms with Gasteiger partial charge >= 0.3 is 0 Å². The van der Waals surface area contributed by atoms with E-state index >= 15 is 0 Å². The Bertz CT molecular complexity index is 1230. The van der Waals surface area contributed by atoms with Gasteiger partial charge in [0.2, 0.25) is 0 Å². The molecule has 0 unspecified atom stereocenters. The highest BCUT2D eigenvalue weighted by molar-refractivity contribution is 6.34. The lowest BCUT2D eigenvalue weighted by molar-refractivity contribution is 0.0918. The van der Waals surface area contributed by atoms with E-state index in [1.807, 2.05) is 19.1 Å². The van der Waals surface area contributed by atoms with E-state index in [0.29, 0.717) is 18.8 Å². The minimum absolute atomic E-state index is 0.181. The highest BCUT2D eigenvalue weighted by atomic mass is 35.5. The summed E-state index contributed by atoms with van der Waals surface area (Å²) in [5, 5.41) is 6.59. The number of hydrogen-bond donors (Lipinski definition) is 2. The van der Waals surface area contributed by atoms with Crippen LogP contribution in [0.4, 0.5) is 18.9 Å². The number of nitrogens with one attached hydrogen (secondary N) is 2. The van der Waals surface area contributed by atoms with Crippen molar-refractivity contribution in [2.75, 3.05) is 11.9 Å². The Morgan fingerprint density at radius 2 is 1.71 bits per heavy atom. The zero-order valence-electron chi connectivity index (χ0n) is 19.4. The molecule has 1 amide bonds. The van der Waals surface area contributed by atoms with Crippen molar-refractivity contribution in [2.45, 2.75) is 52.5 Å². The molecule has 1 saturated carbocycles. The van der Waals surface area contributed by atoms with E-state index in [4.69, 9.17) is 11.6 Å². The van der Waals surface area contributed by atoms with Gasteiger partial charge in [-0.25, -0.2) is 13.2 Å². The quantitative estimate of drug-likeness (QED) is 0.312. The standard InChI is InChI=1S/C26H27ClF3N3O/c1-13-4-11-19-18(10-5-14(2)32-19)25(13)31-12-16-6-8-17(9-7-16)33-26(34)20-21(27)24(30)23(29)15(3)22(20)28/h4-5,10-11,16-17,31H,6-9,12H2,1-3H3,(H,33,34). The van der Waals surface area contributed by atoms with Gasteiger partial charge in [0, 0.05) is 34.9 Å². The molecule has 1 heterocycles. The molecule has 0 atom stereocenters. The van der Waals surface area contributed by atoms with E-state index in [0.717, 1.165) is 54.2 Å². The highest BCUT2D eigenvalue weighted by Crippen LogP contribution is 2.31. The third-order valence-corrected chi connectivity index (χ3v) is 7.03. The first-order valence-electron chi connectivity index (χ1n) is 11.4. The molecular weight excluding hydrogens is 463 g/mol. The fourth-order valence-electron chi connectivity index (χ4n) is 4.61. The van der Waals surface area contributed by atoms with Crippen LogP contribution in [-0.4, -0.2) is 23.5 Å². The van der Waals surface area contributed by atoms with E-state index in [2.05, 4.69) is 34.7 Å². The zero-order valence-corrected chi connectivity index (χ0v) is 20.1. The summed E-state index contributed by atoms with van der Waals surface area (Å²) in [5.74, 6) is -4.32. The molecule has 2 aromatic carbocycles. The number of pyridine rings is 1. The van der Waals surface area contributed by atoms with Crippen LogP contribution in [0.25, 0.3) is 10.9 Å². The van der Waals surface area contributed by atoms with Crippen LogP contribution in [-0.2, 0) is 0 Å². The number of halogens is 4. The Morgan fingerprint density at radius 1 is 1.00 bits per heavy atom. The highest BCUT2D eigenvalue weighted by Gasteiger charge is 2.29. The SMILES string of the molecule is Cc1ccc2c(NCC3CCC(NC(=O)c4c(F)c(C)c(F)c(F)c4Cl)CC3)c(C)ccc2n1. The number of carbonyl (C=O) groups excluding carboxylic acids is 1. The Hall–Kier alpha value is -2.80. The van der Waals surface area contributed by atoms with Gasteiger partial charge in [0.15, 0.2) is 11.6 Å². The van der Waals surface area contributed by atoms with Crippen molar-refractivity contribution in [1.82, 2.24) is 10.3 Å². The topological polar surface area (TPSA) is 54.0 Å². The van der Waals surface area contributed by atoms with Crippen LogP contribution in [0.3, 0.4) is 0 Å². The maximum atomic E-state index is 14.4. The summed E-state index contributed by atoms with van der Waals surface area (Å²) in [6, 6.07) is 8.00. The molecule has 4 nitrogen and oxygen atoms in total. The van der Waals surface area contributed by atoms with Crippen molar-refractivity contribution in [1.29, 1.82) is 0 Å². The van der Waals surface area contributed by atoms with Crippen LogP contribution in [0.2, 0.25) is 5.02 Å². The molecule has 34 heavy (non-hydrogen) atoms. The number of carbonyl (C=O) groups is 1. The van der Waals surface area contributed by atoms with Crippen LogP contribution in [0, 0.1) is 44.1 Å². The van der Waals surface area contributed by atoms with Gasteiger partial charge in [-0.1, -0.05) is 17.7 Å². The summed E-state index contributed by atoms with van der Waals surface area (Å²) >= 11 is 5.75. The third kappa shape index (κ3) is 4.71. The fraction of sp³-hybridized carbons (Fsp3) is 0.385. The Labute approximate surface area is 201 Å². The van der Waals surface area contributed by atoms with Gasteiger partial charge in [0.05, 0.1) is 16.1 Å². The summed E-state index contributed by atoms with van der Waals surface area (Å²) in [6.07, 6.45) is 3.14. The second-order valence-electron chi connectivity index (χ2n) is 9.10. The lowest BCUT2D eigenvalue weighted by atomic mass is 9.85. The molecular formula is C26H27ClF3N3O. The predicted octanol–water partition coefficient (Wildman–Crippen LogP) is 6.63. The number of rotatable bonds is 5. The normalized spacial score (nSPS) is 18.2. The van der Waals surface area contributed by atoms with E-state index in [-0.39, 0.29) is 6.04 Å². The van der Waals surface area contributed by atoms with E-state index in [1.54, 1.807) is 0 Å². The molecule has 1 aliphatic carbocycles. The van der Waals surface area contributed by atoms with Crippen molar-refractivity contribution in [2.24, 2.45) is 5.92 Å². The fourth-order valence-corrected chi connectivity index (χ4v) is 4.87. The molecule has 4 rings (SSSR count). The molecule has 0 radical (unpaired) electrons. The summed E-state index contributed by atoms with van der Waals surface area (Å²) in [4.78, 5) is 17.2. The van der Waals surface area contributed by atoms with E-state index < -0.39 is 39.5 Å². The lowest BCUT2D eigenvalue weighted by Gasteiger charge is -2.30. The van der Waals surface area contributed by atoms with Gasteiger partial charge in [-0.3, -0.25) is 9.78 Å². The van der Waals surface area contributed by atoms with Crippen LogP contribution >= 0.6 is 11.6 Å². The average Bonchev–Trinajstić information content (AvgIpc) is 2.82. The van der Waals surface area contributed by atoms with Gasteiger partial charge in [-0.15, -0.1) is 0 Å². The number of amides is 1. The maximum Gasteiger partial charge on any atom is 0.256 e. The minimum Gasteiger partial charge on any atom is -0.384 e. The molecule has 0 saturated heterocycles. The first kappa shape index (κ1) is 24.3. The van der Waals surface area contributed by atoms with Crippen molar-refractivity contribution in [3.8, 4) is 0 Å². The lowest BCUT2D eigenvalue weighted by Crippen LogP contribution is -2.39. The molecule has 3 aromatic rings. The summed E-state index contributed by atoms with van der Waals surface area (Å²) in [7, 11) is 0. The number of anilines is 1. The van der Waals surface area contributed by atoms with Crippen LogP contribution < -0.4 is 10.6 Å². The number of hydrogen-bond acceptors (Lipinski definition) is 3. The predicted molar refractivity (Wildman–Crippen MR) is 129 cm³/mol. The second-order valence-corrected chi connectivity index (χ2v) is 9.48. The first-order valence-corrected chi connectivity index (χ1v) is 11.8. The minimum atomic E-state index is -1.41. The van der Waals surface area contributed by atoms with Crippen LogP contribution in [0.5, 0.6) is 0 Å². The molecule has 1 aromatic heterocycles. The summed E-state index contributed by atoms with van der Waals surface area (Å²) in [5.41, 5.74) is 2.97. The first-order chi connectivity index (χ1) is 16.2. The number of benzene rings is 2. The number of fused-ring (bicyclic) bond motifs is 1. The molecule has 8 heteroatoms. The van der Waals surface area contributed by atoms with Gasteiger partial charge in [-0.05, 0) is 76.1 Å². The molecule has 0 spiro atoms. The monoisotopic (exact) mass is 489 g/mol. The van der Waals surface area contributed by atoms with E-state index in [9.17, 15) is 18.0 Å². The largest absolute Gasteiger partial charge is 0.384 e. The summed E-state index contributed by atoms with van der Waals surface area (Å²) < 4.78 is 42.0. The van der Waals surface area contributed by atoms with Crippen LogP contribution in [0.15, 0.2) is 24.3 Å². The van der Waals surface area contributed by atoms with Crippen molar-refractivity contribution >= 4 is 34.1 Å². The number of aromatic nitrogens is 1. The maximum absolute atomic E-state index is 14.4. The van der Waals surface area contributed by atoms with Crippen molar-refractivity contribution in [3.63, 3.8) is 0 Å². The Morgan fingerprint density at radius 3 is 2.41 bits per heavy atom. The molecule has 1 fully saturated rings. The molecule has 1 aliphatic rings. The zero-order chi connectivity index (χ0) is 24.6. The number of nitrogens with zero attached hydrogens (tertiary/aromatic N) is 1. The van der Waals surface area contributed by atoms with Crippen molar-refractivity contribution < 1.29 is 18.0 Å². The molecule has 180 valence electrons. The Balaban J connectivity index is 1.37. The smallest absolute Gasteiger partial charge is 0.256 e. The van der Waals surface area contributed by atoms with Crippen LogP contribution in [0.1, 0.15) is 52.9 Å². The van der Waals surface area contributed by atoms with Gasteiger partial charge in [-0.2, -0.15) is 0 Å². The molecule has 2 N–H and O–H groups in total. The molecule has 0 bridgehead atoms. The third-order valence-electron chi connectivity index (χ3n) is 6.68. The van der Waals surface area contributed by atoms with Crippen molar-refractivity contribution in [3.05, 3.63) is 69.1 Å². The van der Waals surface area contributed by atoms with Gasteiger partial charge in [0.1, 0.15) is 5.82 Å². The van der Waals surface area contributed by atoms with Gasteiger partial charge in [0.25, 0.3) is 5.91 Å². The van der Waals surface area contributed by atoms with E-state index in [1.165, 1.54) is 0 Å². The average molecular weight is 490 g/mol. The molecule has 0 aliphatic heterocycles. The second kappa shape index (κ2) is 9.82.